The number of halogens is 3. The van der Waals surface area contributed by atoms with E-state index in [1.807, 2.05) is 12.1 Å². The van der Waals surface area contributed by atoms with E-state index in [2.05, 4.69) is 4.99 Å². The largest absolute Gasteiger partial charge is 0.369 e. The molecule has 1 heterocycles. The number of guanidine groups is 1. The quantitative estimate of drug-likeness (QED) is 0.907. The molecule has 3 nitrogen and oxygen atoms in total. The molecule has 0 radical (unpaired) electrons. The van der Waals surface area contributed by atoms with Crippen molar-refractivity contribution in [2.45, 2.75) is 6.04 Å². The molecule has 1 unspecified atom stereocenters. The van der Waals surface area contributed by atoms with Crippen molar-refractivity contribution in [1.29, 1.82) is 0 Å². The van der Waals surface area contributed by atoms with Gasteiger partial charge in [0.05, 0.1) is 17.6 Å². The van der Waals surface area contributed by atoms with E-state index in [1.165, 1.54) is 6.07 Å². The van der Waals surface area contributed by atoms with Crippen molar-refractivity contribution in [3.05, 3.63) is 63.9 Å². The first kappa shape index (κ1) is 14.2. The molecule has 1 atom stereocenters. The SMILES string of the molecule is NC1=NCC(c2cccc(Cl)c2F)N1c1cccc(Cl)c1. The van der Waals surface area contributed by atoms with Gasteiger partial charge in [-0.2, -0.15) is 0 Å². The number of hydrogen-bond acceptors (Lipinski definition) is 3. The summed E-state index contributed by atoms with van der Waals surface area (Å²) in [5.74, 6) is -0.109. The second-order valence-corrected chi connectivity index (χ2v) is 5.55. The predicted molar refractivity (Wildman–Crippen MR) is 84.6 cm³/mol. The van der Waals surface area contributed by atoms with E-state index in [0.717, 1.165) is 5.69 Å². The van der Waals surface area contributed by atoms with Gasteiger partial charge in [-0.3, -0.25) is 4.99 Å². The third-order valence-corrected chi connectivity index (χ3v) is 3.94. The molecule has 1 aliphatic rings. The minimum atomic E-state index is -0.443. The Hall–Kier alpha value is -1.78. The summed E-state index contributed by atoms with van der Waals surface area (Å²) in [6.07, 6.45) is 0. The Balaban J connectivity index is 2.05. The second-order valence-electron chi connectivity index (χ2n) is 4.71. The van der Waals surface area contributed by atoms with Gasteiger partial charge in [0.1, 0.15) is 5.82 Å². The molecule has 2 aromatic carbocycles. The number of nitrogens with zero attached hydrogens (tertiary/aromatic N) is 2. The summed E-state index contributed by atoms with van der Waals surface area (Å²) in [7, 11) is 0. The lowest BCUT2D eigenvalue weighted by atomic mass is 10.0. The van der Waals surface area contributed by atoms with Crippen LogP contribution in [0, 0.1) is 5.82 Å². The van der Waals surface area contributed by atoms with E-state index >= 15 is 0 Å². The van der Waals surface area contributed by atoms with E-state index in [-0.39, 0.29) is 11.1 Å². The fourth-order valence-electron chi connectivity index (χ4n) is 2.45. The molecule has 0 amide bonds. The smallest absolute Gasteiger partial charge is 0.196 e. The van der Waals surface area contributed by atoms with Crippen molar-refractivity contribution >= 4 is 34.8 Å². The van der Waals surface area contributed by atoms with Crippen molar-refractivity contribution in [3.63, 3.8) is 0 Å². The fourth-order valence-corrected chi connectivity index (χ4v) is 2.82. The first-order valence-electron chi connectivity index (χ1n) is 6.36. The van der Waals surface area contributed by atoms with Gasteiger partial charge in [0, 0.05) is 16.3 Å². The molecule has 3 rings (SSSR count). The van der Waals surface area contributed by atoms with Crippen LogP contribution in [0.2, 0.25) is 10.0 Å². The molecule has 1 aliphatic heterocycles. The minimum Gasteiger partial charge on any atom is -0.369 e. The number of hydrogen-bond donors (Lipinski definition) is 1. The van der Waals surface area contributed by atoms with E-state index < -0.39 is 5.82 Å². The van der Waals surface area contributed by atoms with Crippen molar-refractivity contribution in [3.8, 4) is 0 Å². The van der Waals surface area contributed by atoms with Crippen LogP contribution >= 0.6 is 23.2 Å². The molecule has 2 N–H and O–H groups in total. The Morgan fingerprint density at radius 2 is 1.95 bits per heavy atom. The Morgan fingerprint density at radius 3 is 2.71 bits per heavy atom. The molecule has 0 aliphatic carbocycles. The van der Waals surface area contributed by atoms with E-state index in [0.29, 0.717) is 23.1 Å². The van der Waals surface area contributed by atoms with Crippen LogP contribution in [0.5, 0.6) is 0 Å². The molecule has 0 saturated carbocycles. The molecule has 0 saturated heterocycles. The topological polar surface area (TPSA) is 41.6 Å². The average molecular weight is 324 g/mol. The summed E-state index contributed by atoms with van der Waals surface area (Å²) < 4.78 is 14.3. The number of anilines is 1. The number of aliphatic imine (C=N–C) groups is 1. The summed E-state index contributed by atoms with van der Waals surface area (Å²) in [6, 6.07) is 11.8. The van der Waals surface area contributed by atoms with Crippen LogP contribution in [0.3, 0.4) is 0 Å². The van der Waals surface area contributed by atoms with Gasteiger partial charge in [-0.25, -0.2) is 4.39 Å². The van der Waals surface area contributed by atoms with Gasteiger partial charge in [-0.15, -0.1) is 0 Å². The Bertz CT molecular complexity index is 718. The summed E-state index contributed by atoms with van der Waals surface area (Å²) in [6.45, 7) is 0.371. The van der Waals surface area contributed by atoms with Crippen LogP contribution in [-0.4, -0.2) is 12.5 Å². The Morgan fingerprint density at radius 1 is 1.19 bits per heavy atom. The zero-order chi connectivity index (χ0) is 15.0. The molecule has 108 valence electrons. The zero-order valence-electron chi connectivity index (χ0n) is 10.9. The van der Waals surface area contributed by atoms with Crippen LogP contribution in [0.25, 0.3) is 0 Å². The third-order valence-electron chi connectivity index (χ3n) is 3.41. The van der Waals surface area contributed by atoms with E-state index in [9.17, 15) is 4.39 Å². The normalized spacial score (nSPS) is 18.0. The van der Waals surface area contributed by atoms with Crippen LogP contribution in [0.1, 0.15) is 11.6 Å². The Labute approximate surface area is 131 Å². The monoisotopic (exact) mass is 323 g/mol. The molecule has 2 aromatic rings. The lowest BCUT2D eigenvalue weighted by Crippen LogP contribution is -2.36. The van der Waals surface area contributed by atoms with Gasteiger partial charge < -0.3 is 10.6 Å². The summed E-state index contributed by atoms with van der Waals surface area (Å²) in [4.78, 5) is 5.98. The maximum absolute atomic E-state index is 14.3. The van der Waals surface area contributed by atoms with Crippen LogP contribution in [0.4, 0.5) is 10.1 Å². The highest BCUT2D eigenvalue weighted by Crippen LogP contribution is 2.34. The highest BCUT2D eigenvalue weighted by molar-refractivity contribution is 6.31. The highest BCUT2D eigenvalue weighted by Gasteiger charge is 2.31. The van der Waals surface area contributed by atoms with Gasteiger partial charge in [-0.05, 0) is 24.3 Å². The standard InChI is InChI=1S/C15H12Cl2FN3/c16-9-3-1-4-10(7-9)21-13(8-20-15(21)19)11-5-2-6-12(17)14(11)18/h1-7,13H,8H2,(H2,19,20). The average Bonchev–Trinajstić information content (AvgIpc) is 2.83. The Kier molecular flexibility index (Phi) is 3.74. The van der Waals surface area contributed by atoms with Gasteiger partial charge in [0.2, 0.25) is 0 Å². The second kappa shape index (κ2) is 5.54. The molecular formula is C15H12Cl2FN3. The number of benzene rings is 2. The van der Waals surface area contributed by atoms with Crippen molar-refractivity contribution in [1.82, 2.24) is 0 Å². The number of nitrogens with two attached hydrogens (primary N) is 1. The van der Waals surface area contributed by atoms with Crippen LogP contribution in [-0.2, 0) is 0 Å². The highest BCUT2D eigenvalue weighted by atomic mass is 35.5. The van der Waals surface area contributed by atoms with Crippen molar-refractivity contribution < 1.29 is 4.39 Å². The van der Waals surface area contributed by atoms with Crippen LogP contribution < -0.4 is 10.6 Å². The van der Waals surface area contributed by atoms with Gasteiger partial charge in [-0.1, -0.05) is 41.4 Å². The lowest BCUT2D eigenvalue weighted by molar-refractivity contribution is 0.590. The van der Waals surface area contributed by atoms with Crippen LogP contribution in [0.15, 0.2) is 47.5 Å². The van der Waals surface area contributed by atoms with Gasteiger partial charge >= 0.3 is 0 Å². The van der Waals surface area contributed by atoms with Crippen molar-refractivity contribution in [2.24, 2.45) is 10.7 Å². The first-order valence-corrected chi connectivity index (χ1v) is 7.12. The van der Waals surface area contributed by atoms with Gasteiger partial charge in [0.25, 0.3) is 0 Å². The molecule has 0 fully saturated rings. The molecule has 0 bridgehead atoms. The number of rotatable bonds is 2. The molecule has 0 spiro atoms. The summed E-state index contributed by atoms with van der Waals surface area (Å²) in [5, 5.41) is 0.668. The molecule has 0 aromatic heterocycles. The molecule has 6 heteroatoms. The van der Waals surface area contributed by atoms with Gasteiger partial charge in [0.15, 0.2) is 5.96 Å². The molecule has 21 heavy (non-hydrogen) atoms. The van der Waals surface area contributed by atoms with Crippen molar-refractivity contribution in [2.75, 3.05) is 11.4 Å². The zero-order valence-corrected chi connectivity index (χ0v) is 12.4. The maximum Gasteiger partial charge on any atom is 0.196 e. The third kappa shape index (κ3) is 2.57. The summed E-state index contributed by atoms with van der Waals surface area (Å²) >= 11 is 11.9. The van der Waals surface area contributed by atoms with E-state index in [1.54, 1.807) is 29.2 Å². The minimum absolute atomic E-state index is 0.0871. The maximum atomic E-state index is 14.3. The predicted octanol–water partition coefficient (Wildman–Crippen LogP) is 4.01. The first-order chi connectivity index (χ1) is 10.1. The van der Waals surface area contributed by atoms with E-state index in [4.69, 9.17) is 28.9 Å². The lowest BCUT2D eigenvalue weighted by Gasteiger charge is -2.27. The molecular weight excluding hydrogens is 312 g/mol. The summed E-state index contributed by atoms with van der Waals surface area (Å²) in [5.41, 5.74) is 7.19. The fraction of sp³-hybridized carbons (Fsp3) is 0.133.